The maximum absolute atomic E-state index is 8.78. The molecule has 2 nitrogen and oxygen atoms in total. The van der Waals surface area contributed by atoms with Crippen LogP contribution in [0.2, 0.25) is 17.3 Å². The molecule has 0 saturated carbocycles. The van der Waals surface area contributed by atoms with Crippen LogP contribution in [0.25, 0.3) is 42.7 Å². The Morgan fingerprint density at radius 2 is 1.55 bits per heavy atom. The van der Waals surface area contributed by atoms with Gasteiger partial charge in [-0.05, 0) is 57.6 Å². The minimum absolute atomic E-state index is 0. The SMILES string of the molecule is [2H]C([2H])(c1cc(-c2[c-]cccc2)nc[c]1[Ge]([CH3])([CH3])[CH3])C(C)C.[2H]C([2H])(c1ccc2c(c1)sc1c(-c3cc(C([2H])(C)C(C)C)ccn3)[c-]ccc12)C(C)C.[Ir]. The van der Waals surface area contributed by atoms with Crippen molar-refractivity contribution in [3.63, 3.8) is 0 Å². The minimum Gasteiger partial charge on any atom is -0.305 e. The van der Waals surface area contributed by atoms with Crippen molar-refractivity contribution >= 4 is 49.2 Å². The summed E-state index contributed by atoms with van der Waals surface area (Å²) in [5.74, 6) is 6.16. The second kappa shape index (κ2) is 17.1. The Labute approximate surface area is 322 Å². The number of benzene rings is 3. The zero-order chi connectivity index (χ0) is 39.1. The molecular formula is C44H52GeIrN2S-2. The zero-order valence-corrected chi connectivity index (χ0v) is 35.8. The van der Waals surface area contributed by atoms with Crippen LogP contribution in [0.5, 0.6) is 0 Å². The first-order valence-electron chi connectivity index (χ1n) is 19.5. The molecule has 0 aliphatic carbocycles. The van der Waals surface area contributed by atoms with E-state index < -0.39 is 31.9 Å². The molecule has 0 N–H and O–H groups in total. The summed E-state index contributed by atoms with van der Waals surface area (Å²) in [6.07, 6.45) is 0.978. The maximum atomic E-state index is 8.78. The van der Waals surface area contributed by atoms with Gasteiger partial charge in [-0.25, -0.2) is 0 Å². The van der Waals surface area contributed by atoms with E-state index in [2.05, 4.69) is 59.3 Å². The smallest absolute Gasteiger partial charge is 0.0352 e. The Hall–Kier alpha value is -2.63. The van der Waals surface area contributed by atoms with Gasteiger partial charge in [-0.2, -0.15) is 11.3 Å². The third-order valence-electron chi connectivity index (χ3n) is 8.37. The second-order valence-electron chi connectivity index (χ2n) is 14.4. The van der Waals surface area contributed by atoms with Crippen LogP contribution in [0.3, 0.4) is 0 Å². The van der Waals surface area contributed by atoms with Crippen LogP contribution in [0.4, 0.5) is 0 Å². The molecule has 49 heavy (non-hydrogen) atoms. The molecule has 0 spiro atoms. The van der Waals surface area contributed by atoms with Gasteiger partial charge in [0, 0.05) is 35.1 Å². The fourth-order valence-electron chi connectivity index (χ4n) is 5.68. The quantitative estimate of drug-likeness (QED) is 0.107. The number of hydrogen-bond donors (Lipinski definition) is 0. The zero-order valence-electron chi connectivity index (χ0n) is 35.5. The molecule has 5 heteroatoms. The van der Waals surface area contributed by atoms with Crippen molar-refractivity contribution in [2.24, 2.45) is 17.8 Å². The average molecular weight is 911 g/mol. The number of rotatable bonds is 9. The van der Waals surface area contributed by atoms with Gasteiger partial charge in [-0.15, -0.1) is 23.8 Å². The fourth-order valence-corrected chi connectivity index (χ4v) is 9.88. The summed E-state index contributed by atoms with van der Waals surface area (Å²) >= 11 is -0.542. The molecular weight excluding hydrogens is 853 g/mol. The Morgan fingerprint density at radius 1 is 0.796 bits per heavy atom. The van der Waals surface area contributed by atoms with E-state index in [1.807, 2.05) is 108 Å². The van der Waals surface area contributed by atoms with Gasteiger partial charge in [0.2, 0.25) is 0 Å². The van der Waals surface area contributed by atoms with Crippen LogP contribution >= 0.6 is 11.3 Å². The molecule has 3 aromatic heterocycles. The first-order chi connectivity index (χ1) is 24.7. The summed E-state index contributed by atoms with van der Waals surface area (Å²) < 4.78 is 46.1. The number of nitrogens with zero attached hydrogens (tertiary/aromatic N) is 2. The summed E-state index contributed by atoms with van der Waals surface area (Å²) in [5, 5.41) is 2.26. The molecule has 0 saturated heterocycles. The van der Waals surface area contributed by atoms with E-state index in [1.54, 1.807) is 17.5 Å². The van der Waals surface area contributed by atoms with E-state index in [4.69, 9.17) is 6.85 Å². The van der Waals surface area contributed by atoms with Crippen molar-refractivity contribution in [1.29, 1.82) is 0 Å². The summed E-state index contributed by atoms with van der Waals surface area (Å²) in [6.45, 7) is 13.8. The fraction of sp³-hybridized carbons (Fsp3) is 0.364. The van der Waals surface area contributed by atoms with Gasteiger partial charge in [0.15, 0.2) is 0 Å². The third-order valence-corrected chi connectivity index (χ3v) is 13.8. The van der Waals surface area contributed by atoms with Crippen LogP contribution in [0.1, 0.15) is 77.9 Å². The van der Waals surface area contributed by atoms with E-state index in [0.29, 0.717) is 5.56 Å². The number of fused-ring (bicyclic) bond motifs is 3. The molecule has 0 aliphatic rings. The van der Waals surface area contributed by atoms with Gasteiger partial charge in [0.25, 0.3) is 0 Å². The molecule has 0 amide bonds. The minimum atomic E-state index is -2.20. The summed E-state index contributed by atoms with van der Waals surface area (Å²) in [4.78, 5) is 9.21. The molecule has 3 heterocycles. The summed E-state index contributed by atoms with van der Waals surface area (Å²) in [5.41, 5.74) is 5.96. The topological polar surface area (TPSA) is 25.8 Å². The van der Waals surface area contributed by atoms with Crippen LogP contribution < -0.4 is 4.40 Å². The van der Waals surface area contributed by atoms with E-state index in [-0.39, 0.29) is 37.9 Å². The standard InChI is InChI=1S/C26H28NS.C18H24GeN.Ir/c1-16(2)13-19-9-10-21-22-7-6-8-23(26(22)28-25(21)14-19)24-15-20(11-12-27-24)18(5)17(3)4;1-14(2)11-16-12-18(15-9-7-6-8-10-15)20-13-17(16)19(3,4)5;/h6-7,9-12,14-18H,13H2,1-5H3;6-9,12-14H,11H2,1-5H3;/q2*-1;/i13D2,18D;11D2;. The van der Waals surface area contributed by atoms with Gasteiger partial charge < -0.3 is 4.98 Å². The first kappa shape index (κ1) is 32.3. The Morgan fingerprint density at radius 3 is 2.20 bits per heavy atom. The third kappa shape index (κ3) is 9.79. The van der Waals surface area contributed by atoms with Crippen LogP contribution in [-0.4, -0.2) is 23.2 Å². The number of pyridine rings is 2. The van der Waals surface area contributed by atoms with Crippen molar-refractivity contribution in [2.45, 2.75) is 84.4 Å². The van der Waals surface area contributed by atoms with Crippen molar-refractivity contribution < 1.29 is 27.0 Å². The van der Waals surface area contributed by atoms with Crippen LogP contribution in [-0.2, 0) is 32.9 Å². The largest absolute Gasteiger partial charge is 0.305 e. The Balaban J connectivity index is 0.000000250. The molecule has 1 unspecified atom stereocenters. The van der Waals surface area contributed by atoms with Gasteiger partial charge in [-0.3, -0.25) is 0 Å². The number of thiophene rings is 1. The Bertz CT molecular complexity index is 2210. The summed E-state index contributed by atoms with van der Waals surface area (Å²) in [6, 6.07) is 30.1. The number of hydrogen-bond acceptors (Lipinski definition) is 3. The normalized spacial score (nSPS) is 15.1. The van der Waals surface area contributed by atoms with Crippen molar-refractivity contribution in [3.8, 4) is 22.5 Å². The molecule has 0 fully saturated rings. The number of aromatic nitrogens is 2. The van der Waals surface area contributed by atoms with Gasteiger partial charge in [0.1, 0.15) is 0 Å². The van der Waals surface area contributed by atoms with Gasteiger partial charge >= 0.3 is 128 Å². The monoisotopic (exact) mass is 912 g/mol. The second-order valence-corrected chi connectivity index (χ2v) is 26.0. The van der Waals surface area contributed by atoms with Gasteiger partial charge in [0.05, 0.1) is 0 Å². The molecule has 6 aromatic rings. The molecule has 1 radical (unpaired) electrons. The molecule has 259 valence electrons. The van der Waals surface area contributed by atoms with E-state index in [9.17, 15) is 0 Å². The predicted molar refractivity (Wildman–Crippen MR) is 213 cm³/mol. The molecule has 1 atom stereocenters. The molecule has 6 rings (SSSR count). The van der Waals surface area contributed by atoms with E-state index in [1.165, 1.54) is 0 Å². The van der Waals surface area contributed by atoms with Crippen LogP contribution in [0.15, 0.2) is 85.2 Å². The molecule has 0 bridgehead atoms. The van der Waals surface area contributed by atoms with E-state index >= 15 is 0 Å². The predicted octanol–water partition coefficient (Wildman–Crippen LogP) is 12.2. The van der Waals surface area contributed by atoms with Crippen molar-refractivity contribution in [3.05, 3.63) is 114 Å². The average Bonchev–Trinajstić information content (AvgIpc) is 3.50. The van der Waals surface area contributed by atoms with Gasteiger partial charge in [-0.1, -0.05) is 63.8 Å². The Kier molecular flexibility index (Phi) is 11.2. The summed E-state index contributed by atoms with van der Waals surface area (Å²) in [7, 11) is 0. The first-order valence-corrected chi connectivity index (χ1v) is 25.2. The van der Waals surface area contributed by atoms with Crippen molar-refractivity contribution in [1.82, 2.24) is 9.97 Å². The molecule has 0 aliphatic heterocycles. The van der Waals surface area contributed by atoms with Crippen molar-refractivity contribution in [2.75, 3.05) is 0 Å². The maximum Gasteiger partial charge on any atom is 0.0352 e. The van der Waals surface area contributed by atoms with Crippen LogP contribution in [0, 0.1) is 29.9 Å². The van der Waals surface area contributed by atoms with E-state index in [0.717, 1.165) is 58.2 Å². The molecule has 3 aromatic carbocycles.